The number of anilines is 1. The summed E-state index contributed by atoms with van der Waals surface area (Å²) in [6.07, 6.45) is 6.15. The molecule has 1 aliphatic rings. The van der Waals surface area contributed by atoms with E-state index in [2.05, 4.69) is 4.72 Å². The van der Waals surface area contributed by atoms with Crippen molar-refractivity contribution in [2.75, 3.05) is 24.1 Å². The predicted octanol–water partition coefficient (Wildman–Crippen LogP) is 4.23. The van der Waals surface area contributed by atoms with Gasteiger partial charge in [0, 0.05) is 23.7 Å². The highest BCUT2D eigenvalue weighted by atomic mass is 32.2. The van der Waals surface area contributed by atoms with Gasteiger partial charge in [0.25, 0.3) is 15.9 Å². The van der Waals surface area contributed by atoms with E-state index in [1.165, 1.54) is 17.8 Å². The van der Waals surface area contributed by atoms with Gasteiger partial charge in [0.2, 0.25) is 0 Å². The zero-order valence-electron chi connectivity index (χ0n) is 15.3. The molecule has 3 rings (SSSR count). The molecule has 1 saturated heterocycles. The van der Waals surface area contributed by atoms with E-state index in [9.17, 15) is 13.2 Å². The van der Waals surface area contributed by atoms with E-state index in [1.54, 1.807) is 36.4 Å². The van der Waals surface area contributed by atoms with E-state index in [1.807, 2.05) is 17.2 Å². The minimum Gasteiger partial charge on any atom is -0.339 e. The minimum absolute atomic E-state index is 0.0852. The molecule has 1 aliphatic heterocycles. The fourth-order valence-corrected chi connectivity index (χ4v) is 4.84. The quantitative estimate of drug-likeness (QED) is 0.758. The first-order chi connectivity index (χ1) is 13.0. The maximum absolute atomic E-state index is 13.1. The average molecular weight is 405 g/mol. The summed E-state index contributed by atoms with van der Waals surface area (Å²) in [5, 5.41) is 0. The Hall–Kier alpha value is -1.99. The number of thioether (sulfide) groups is 1. The summed E-state index contributed by atoms with van der Waals surface area (Å²) in [5.41, 5.74) is 0.951. The summed E-state index contributed by atoms with van der Waals surface area (Å²) in [4.78, 5) is 15.8. The molecular weight excluding hydrogens is 380 g/mol. The Morgan fingerprint density at radius 1 is 1.00 bits per heavy atom. The van der Waals surface area contributed by atoms with Crippen molar-refractivity contribution in [2.45, 2.75) is 35.5 Å². The van der Waals surface area contributed by atoms with Crippen LogP contribution in [0.15, 0.2) is 58.3 Å². The van der Waals surface area contributed by atoms with Crippen LogP contribution in [0.25, 0.3) is 0 Å². The Bertz CT molecular complexity index is 891. The van der Waals surface area contributed by atoms with Crippen molar-refractivity contribution in [1.82, 2.24) is 4.90 Å². The van der Waals surface area contributed by atoms with E-state index in [0.29, 0.717) is 11.3 Å². The molecule has 5 nitrogen and oxygen atoms in total. The van der Waals surface area contributed by atoms with Gasteiger partial charge in [-0.25, -0.2) is 8.42 Å². The van der Waals surface area contributed by atoms with Crippen LogP contribution in [-0.4, -0.2) is 38.6 Å². The number of para-hydroxylation sites is 1. The van der Waals surface area contributed by atoms with Crippen LogP contribution in [-0.2, 0) is 10.0 Å². The molecule has 0 aliphatic carbocycles. The molecule has 1 fully saturated rings. The number of carbonyl (C=O) groups excluding carboxylic acids is 1. The highest BCUT2D eigenvalue weighted by Gasteiger charge is 2.23. The van der Waals surface area contributed by atoms with E-state index in [-0.39, 0.29) is 10.8 Å². The molecule has 0 saturated carbocycles. The second-order valence-corrected chi connectivity index (χ2v) is 9.07. The second-order valence-electron chi connectivity index (χ2n) is 6.54. The first kappa shape index (κ1) is 19.8. The summed E-state index contributed by atoms with van der Waals surface area (Å²) in [6, 6.07) is 13.5. The van der Waals surface area contributed by atoms with Crippen molar-refractivity contribution < 1.29 is 13.2 Å². The Morgan fingerprint density at radius 2 is 1.67 bits per heavy atom. The third kappa shape index (κ3) is 4.84. The number of hydrogen-bond acceptors (Lipinski definition) is 4. The van der Waals surface area contributed by atoms with Gasteiger partial charge in [0.05, 0.1) is 10.5 Å². The molecule has 7 heteroatoms. The van der Waals surface area contributed by atoms with Gasteiger partial charge in [-0.2, -0.15) is 0 Å². The van der Waals surface area contributed by atoms with Gasteiger partial charge in [-0.15, -0.1) is 11.8 Å². The molecule has 1 heterocycles. The van der Waals surface area contributed by atoms with Crippen molar-refractivity contribution >= 4 is 33.4 Å². The number of rotatable bonds is 5. The number of benzene rings is 2. The molecule has 0 spiro atoms. The Kier molecular flexibility index (Phi) is 6.44. The third-order valence-electron chi connectivity index (χ3n) is 4.63. The van der Waals surface area contributed by atoms with Crippen LogP contribution in [0, 0.1) is 0 Å². The number of nitrogens with zero attached hydrogens (tertiary/aromatic N) is 1. The Morgan fingerprint density at radius 3 is 2.30 bits per heavy atom. The van der Waals surface area contributed by atoms with Crippen LogP contribution in [0.4, 0.5) is 5.69 Å². The fraction of sp³-hybridized carbons (Fsp3) is 0.350. The molecular formula is C20H24N2O3S2. The van der Waals surface area contributed by atoms with Gasteiger partial charge in [-0.1, -0.05) is 31.0 Å². The van der Waals surface area contributed by atoms with Crippen LogP contribution in [0.5, 0.6) is 0 Å². The van der Waals surface area contributed by atoms with Gasteiger partial charge in [-0.3, -0.25) is 9.52 Å². The molecule has 2 aromatic carbocycles. The zero-order chi connectivity index (χ0) is 19.3. The van der Waals surface area contributed by atoms with E-state index in [0.717, 1.165) is 43.7 Å². The maximum Gasteiger partial charge on any atom is 0.261 e. The zero-order valence-corrected chi connectivity index (χ0v) is 17.0. The van der Waals surface area contributed by atoms with E-state index < -0.39 is 10.0 Å². The van der Waals surface area contributed by atoms with Gasteiger partial charge in [0.15, 0.2) is 0 Å². The summed E-state index contributed by atoms with van der Waals surface area (Å²) < 4.78 is 28.1. The molecule has 1 amide bonds. The maximum atomic E-state index is 13.1. The van der Waals surface area contributed by atoms with E-state index in [4.69, 9.17) is 0 Å². The molecule has 0 bridgehead atoms. The minimum atomic E-state index is -3.76. The number of sulfonamides is 1. The first-order valence-corrected chi connectivity index (χ1v) is 11.8. The lowest BCUT2D eigenvalue weighted by atomic mass is 10.2. The third-order valence-corrected chi connectivity index (χ3v) is 6.81. The van der Waals surface area contributed by atoms with Gasteiger partial charge < -0.3 is 4.90 Å². The Balaban J connectivity index is 1.91. The molecule has 144 valence electrons. The van der Waals surface area contributed by atoms with Gasteiger partial charge in [-0.05, 0) is 49.4 Å². The molecule has 1 N–H and O–H groups in total. The highest BCUT2D eigenvalue weighted by Crippen LogP contribution is 2.27. The van der Waals surface area contributed by atoms with Crippen LogP contribution >= 0.6 is 11.8 Å². The fourth-order valence-electron chi connectivity index (χ4n) is 3.19. The molecule has 2 aromatic rings. The lowest BCUT2D eigenvalue weighted by Crippen LogP contribution is -2.32. The second kappa shape index (κ2) is 8.80. The first-order valence-electron chi connectivity index (χ1n) is 9.06. The normalized spacial score (nSPS) is 15.2. The summed E-state index contributed by atoms with van der Waals surface area (Å²) in [5.74, 6) is -0.0852. The van der Waals surface area contributed by atoms with Crippen LogP contribution < -0.4 is 4.72 Å². The highest BCUT2D eigenvalue weighted by molar-refractivity contribution is 7.98. The topological polar surface area (TPSA) is 66.5 Å². The molecule has 0 unspecified atom stereocenters. The largest absolute Gasteiger partial charge is 0.339 e. The molecule has 27 heavy (non-hydrogen) atoms. The van der Waals surface area contributed by atoms with Crippen molar-refractivity contribution in [2.24, 2.45) is 0 Å². The van der Waals surface area contributed by atoms with Crippen LogP contribution in [0.2, 0.25) is 0 Å². The van der Waals surface area contributed by atoms with Crippen molar-refractivity contribution in [3.63, 3.8) is 0 Å². The number of likely N-dealkylation sites (tertiary alicyclic amines) is 1. The van der Waals surface area contributed by atoms with Crippen LogP contribution in [0.1, 0.15) is 36.0 Å². The number of hydrogen-bond donors (Lipinski definition) is 1. The summed E-state index contributed by atoms with van der Waals surface area (Å²) in [6.45, 7) is 1.46. The monoisotopic (exact) mass is 404 g/mol. The lowest BCUT2D eigenvalue weighted by Gasteiger charge is -2.22. The van der Waals surface area contributed by atoms with Crippen molar-refractivity contribution in [1.29, 1.82) is 0 Å². The SMILES string of the molecule is CSc1ccc(S(=O)(=O)Nc2ccccc2)cc1C(=O)N1CCCCCC1. The number of carbonyl (C=O) groups is 1. The molecule has 0 radical (unpaired) electrons. The lowest BCUT2D eigenvalue weighted by molar-refractivity contribution is 0.0758. The van der Waals surface area contributed by atoms with E-state index >= 15 is 0 Å². The average Bonchev–Trinajstić information content (AvgIpc) is 2.97. The van der Waals surface area contributed by atoms with Crippen LogP contribution in [0.3, 0.4) is 0 Å². The smallest absolute Gasteiger partial charge is 0.261 e. The van der Waals surface area contributed by atoms with Crippen molar-refractivity contribution in [3.05, 3.63) is 54.1 Å². The summed E-state index contributed by atoms with van der Waals surface area (Å²) in [7, 11) is -3.76. The molecule has 0 aromatic heterocycles. The predicted molar refractivity (Wildman–Crippen MR) is 110 cm³/mol. The molecule has 0 atom stereocenters. The standard InChI is InChI=1S/C20H24N2O3S2/c1-26-19-12-11-17(27(24,25)21-16-9-5-4-6-10-16)15-18(19)20(23)22-13-7-2-3-8-14-22/h4-6,9-12,15,21H,2-3,7-8,13-14H2,1H3. The Labute approximate surface area is 165 Å². The summed E-state index contributed by atoms with van der Waals surface area (Å²) >= 11 is 1.45. The van der Waals surface area contributed by atoms with Crippen molar-refractivity contribution in [3.8, 4) is 0 Å². The van der Waals surface area contributed by atoms with Gasteiger partial charge >= 0.3 is 0 Å². The number of amides is 1. The number of nitrogens with one attached hydrogen (secondary N) is 1. The van der Waals surface area contributed by atoms with Gasteiger partial charge in [0.1, 0.15) is 0 Å².